The second kappa shape index (κ2) is 6.37. The van der Waals surface area contributed by atoms with E-state index in [0.717, 1.165) is 36.1 Å². The SMILES string of the molecule is O=[N+]([O-])c1ccc(Nc2ccc3[nH]cc(C4=CCNCC4)c3c2)nc1. The summed E-state index contributed by atoms with van der Waals surface area (Å²) in [5.41, 5.74) is 4.51. The third-order valence-electron chi connectivity index (χ3n) is 4.32. The fourth-order valence-corrected chi connectivity index (χ4v) is 3.05. The molecule has 0 radical (unpaired) electrons. The van der Waals surface area contributed by atoms with Crippen LogP contribution in [-0.2, 0) is 0 Å². The lowest BCUT2D eigenvalue weighted by atomic mass is 9.99. The van der Waals surface area contributed by atoms with Crippen molar-refractivity contribution in [2.75, 3.05) is 18.4 Å². The maximum Gasteiger partial charge on any atom is 0.287 e. The molecule has 0 fully saturated rings. The second-order valence-electron chi connectivity index (χ2n) is 5.93. The molecule has 4 rings (SSSR count). The molecule has 0 spiro atoms. The standard InChI is InChI=1S/C18H17N5O2/c24-23(25)14-2-4-18(21-10-14)22-13-1-3-17-15(9-13)16(11-20-17)12-5-7-19-8-6-12/h1-5,9-11,19-20H,6-8H2,(H,21,22). The number of nitrogens with one attached hydrogen (secondary N) is 3. The van der Waals surface area contributed by atoms with Crippen molar-refractivity contribution < 1.29 is 4.92 Å². The van der Waals surface area contributed by atoms with Gasteiger partial charge in [-0.15, -0.1) is 0 Å². The molecule has 0 unspecified atom stereocenters. The van der Waals surface area contributed by atoms with Crippen LogP contribution in [0, 0.1) is 10.1 Å². The number of rotatable bonds is 4. The van der Waals surface area contributed by atoms with E-state index >= 15 is 0 Å². The molecule has 7 nitrogen and oxygen atoms in total. The lowest BCUT2D eigenvalue weighted by Gasteiger charge is -2.13. The highest BCUT2D eigenvalue weighted by molar-refractivity contribution is 5.95. The van der Waals surface area contributed by atoms with Crippen LogP contribution in [0.2, 0.25) is 0 Å². The lowest BCUT2D eigenvalue weighted by Crippen LogP contribution is -2.19. The Labute approximate surface area is 143 Å². The van der Waals surface area contributed by atoms with Crippen molar-refractivity contribution in [3.8, 4) is 0 Å². The molecule has 126 valence electrons. The van der Waals surface area contributed by atoms with Gasteiger partial charge in [-0.3, -0.25) is 10.1 Å². The fourth-order valence-electron chi connectivity index (χ4n) is 3.05. The van der Waals surface area contributed by atoms with Crippen molar-refractivity contribution in [2.24, 2.45) is 0 Å². The molecule has 3 aromatic rings. The van der Waals surface area contributed by atoms with Crippen molar-refractivity contribution in [3.05, 3.63) is 64.5 Å². The number of nitrogens with zero attached hydrogens (tertiary/aromatic N) is 2. The summed E-state index contributed by atoms with van der Waals surface area (Å²) in [5.74, 6) is 0.572. The van der Waals surface area contributed by atoms with Crippen molar-refractivity contribution in [3.63, 3.8) is 0 Å². The van der Waals surface area contributed by atoms with Gasteiger partial charge in [0.1, 0.15) is 12.0 Å². The Kier molecular flexibility index (Phi) is 3.91. The Bertz CT molecular complexity index is 959. The monoisotopic (exact) mass is 335 g/mol. The number of hydrogen-bond donors (Lipinski definition) is 3. The van der Waals surface area contributed by atoms with Gasteiger partial charge in [0.15, 0.2) is 0 Å². The maximum atomic E-state index is 10.7. The first-order valence-corrected chi connectivity index (χ1v) is 8.09. The number of H-pyrrole nitrogens is 1. The van der Waals surface area contributed by atoms with Gasteiger partial charge < -0.3 is 15.6 Å². The van der Waals surface area contributed by atoms with Crippen LogP contribution in [0.3, 0.4) is 0 Å². The number of fused-ring (bicyclic) bond motifs is 1. The lowest BCUT2D eigenvalue weighted by molar-refractivity contribution is -0.385. The first-order chi connectivity index (χ1) is 12.2. The van der Waals surface area contributed by atoms with Crippen LogP contribution >= 0.6 is 0 Å². The number of anilines is 2. The Morgan fingerprint density at radius 1 is 1.24 bits per heavy atom. The number of hydrogen-bond acceptors (Lipinski definition) is 5. The molecule has 7 heteroatoms. The van der Waals surface area contributed by atoms with Gasteiger partial charge in [0.25, 0.3) is 5.69 Å². The van der Waals surface area contributed by atoms with Crippen molar-refractivity contribution in [1.29, 1.82) is 0 Å². The van der Waals surface area contributed by atoms with Gasteiger partial charge in [-0.2, -0.15) is 0 Å². The molecule has 25 heavy (non-hydrogen) atoms. The molecule has 3 N–H and O–H groups in total. The van der Waals surface area contributed by atoms with E-state index in [-0.39, 0.29) is 5.69 Å². The molecule has 0 saturated carbocycles. The van der Waals surface area contributed by atoms with Crippen molar-refractivity contribution in [2.45, 2.75) is 6.42 Å². The van der Waals surface area contributed by atoms with Gasteiger partial charge in [0.2, 0.25) is 0 Å². The molecule has 1 aromatic carbocycles. The Balaban J connectivity index is 1.64. The summed E-state index contributed by atoms with van der Waals surface area (Å²) < 4.78 is 0. The van der Waals surface area contributed by atoms with E-state index in [4.69, 9.17) is 0 Å². The Hall–Kier alpha value is -3.19. The molecule has 3 heterocycles. The van der Waals surface area contributed by atoms with E-state index in [1.54, 1.807) is 6.07 Å². The van der Waals surface area contributed by atoms with Crippen LogP contribution in [0.25, 0.3) is 16.5 Å². The largest absolute Gasteiger partial charge is 0.361 e. The summed E-state index contributed by atoms with van der Waals surface area (Å²) in [4.78, 5) is 17.7. The summed E-state index contributed by atoms with van der Waals surface area (Å²) in [6.07, 6.45) is 6.54. The van der Waals surface area contributed by atoms with Crippen LogP contribution in [0.4, 0.5) is 17.2 Å². The van der Waals surface area contributed by atoms with Gasteiger partial charge in [-0.1, -0.05) is 6.08 Å². The van der Waals surface area contributed by atoms with Crippen molar-refractivity contribution in [1.82, 2.24) is 15.3 Å². The summed E-state index contributed by atoms with van der Waals surface area (Å²) in [7, 11) is 0. The fraction of sp³-hybridized carbons (Fsp3) is 0.167. The minimum atomic E-state index is -0.457. The number of benzene rings is 1. The Morgan fingerprint density at radius 3 is 2.88 bits per heavy atom. The normalized spacial score (nSPS) is 14.3. The zero-order valence-electron chi connectivity index (χ0n) is 13.5. The predicted octanol–water partition coefficient (Wildman–Crippen LogP) is 3.59. The van der Waals surface area contributed by atoms with Crippen LogP contribution in [0.15, 0.2) is 48.8 Å². The number of nitro groups is 1. The summed E-state index contributed by atoms with van der Waals surface area (Å²) in [6.45, 7) is 1.88. The van der Waals surface area contributed by atoms with Crippen LogP contribution in [-0.4, -0.2) is 28.0 Å². The highest BCUT2D eigenvalue weighted by atomic mass is 16.6. The highest BCUT2D eigenvalue weighted by Gasteiger charge is 2.12. The van der Waals surface area contributed by atoms with Crippen LogP contribution in [0.1, 0.15) is 12.0 Å². The molecule has 0 amide bonds. The smallest absolute Gasteiger partial charge is 0.287 e. The van der Waals surface area contributed by atoms with Gasteiger partial charge in [-0.25, -0.2) is 4.98 Å². The number of aromatic nitrogens is 2. The summed E-state index contributed by atoms with van der Waals surface area (Å²) in [6, 6.07) is 9.11. The molecule has 0 saturated heterocycles. The molecule has 1 aliphatic rings. The minimum absolute atomic E-state index is 0.0215. The van der Waals surface area contributed by atoms with Crippen molar-refractivity contribution >= 4 is 33.7 Å². The molecule has 2 aromatic heterocycles. The van der Waals surface area contributed by atoms with E-state index in [2.05, 4.69) is 38.9 Å². The average molecular weight is 335 g/mol. The summed E-state index contributed by atoms with van der Waals surface area (Å²) in [5, 5.41) is 18.4. The second-order valence-corrected chi connectivity index (χ2v) is 5.93. The van der Waals surface area contributed by atoms with Gasteiger partial charge in [0, 0.05) is 41.0 Å². The first kappa shape index (κ1) is 15.3. The Morgan fingerprint density at radius 2 is 2.16 bits per heavy atom. The van der Waals surface area contributed by atoms with E-state index < -0.39 is 4.92 Å². The first-order valence-electron chi connectivity index (χ1n) is 8.09. The molecular formula is C18H17N5O2. The van der Waals surface area contributed by atoms with E-state index in [1.807, 2.05) is 12.1 Å². The molecule has 0 atom stereocenters. The molecular weight excluding hydrogens is 318 g/mol. The topological polar surface area (TPSA) is 95.9 Å². The van der Waals surface area contributed by atoms with Gasteiger partial charge in [-0.05, 0) is 42.8 Å². The van der Waals surface area contributed by atoms with Crippen LogP contribution in [0.5, 0.6) is 0 Å². The zero-order chi connectivity index (χ0) is 17.2. The number of aromatic amines is 1. The highest BCUT2D eigenvalue weighted by Crippen LogP contribution is 2.30. The average Bonchev–Trinajstić information content (AvgIpc) is 3.06. The quantitative estimate of drug-likeness (QED) is 0.500. The minimum Gasteiger partial charge on any atom is -0.361 e. The third kappa shape index (κ3) is 3.09. The molecule has 1 aliphatic heterocycles. The van der Waals surface area contributed by atoms with E-state index in [0.29, 0.717) is 5.82 Å². The number of pyridine rings is 1. The molecule has 0 aliphatic carbocycles. The van der Waals surface area contributed by atoms with E-state index in [1.165, 1.54) is 23.4 Å². The van der Waals surface area contributed by atoms with Gasteiger partial charge >= 0.3 is 0 Å². The summed E-state index contributed by atoms with van der Waals surface area (Å²) >= 11 is 0. The predicted molar refractivity (Wildman–Crippen MR) is 97.9 cm³/mol. The molecule has 0 bridgehead atoms. The zero-order valence-corrected chi connectivity index (χ0v) is 13.5. The van der Waals surface area contributed by atoms with Gasteiger partial charge in [0.05, 0.1) is 4.92 Å². The van der Waals surface area contributed by atoms with E-state index in [9.17, 15) is 10.1 Å². The third-order valence-corrected chi connectivity index (χ3v) is 4.32. The maximum absolute atomic E-state index is 10.7. The van der Waals surface area contributed by atoms with Crippen LogP contribution < -0.4 is 10.6 Å².